The molecule has 0 aromatic rings. The average molecular weight is 305 g/mol. The third-order valence-corrected chi connectivity index (χ3v) is 3.70. The fraction of sp³-hybridized carbons (Fsp3) is 0.765. The minimum atomic E-state index is 0.383. The molecule has 112 valence electrons. The van der Waals surface area contributed by atoms with E-state index in [4.69, 9.17) is 23.2 Å². The van der Waals surface area contributed by atoms with Crippen LogP contribution in [0, 0.1) is 11.8 Å². The van der Waals surface area contributed by atoms with Gasteiger partial charge in [0, 0.05) is 10.1 Å². The molecule has 1 atom stereocenters. The lowest BCUT2D eigenvalue weighted by atomic mass is 9.95. The van der Waals surface area contributed by atoms with E-state index in [2.05, 4.69) is 39.8 Å². The fourth-order valence-corrected chi connectivity index (χ4v) is 2.64. The normalized spacial score (nSPS) is 15.1. The molecule has 0 aromatic carbocycles. The summed E-state index contributed by atoms with van der Waals surface area (Å²) in [6, 6.07) is 0. The molecule has 1 unspecified atom stereocenters. The van der Waals surface area contributed by atoms with Gasteiger partial charge in [0.1, 0.15) is 0 Å². The number of rotatable bonds is 10. The van der Waals surface area contributed by atoms with E-state index < -0.39 is 0 Å². The SMILES string of the molecule is CCCC/C(Cl)=C/C(/C=C(/Cl)CCCC)CC(C)C. The molecule has 0 saturated carbocycles. The predicted molar refractivity (Wildman–Crippen MR) is 89.9 cm³/mol. The van der Waals surface area contributed by atoms with Gasteiger partial charge in [-0.1, -0.05) is 75.9 Å². The molecule has 0 radical (unpaired) electrons. The van der Waals surface area contributed by atoms with Gasteiger partial charge in [-0.3, -0.25) is 0 Å². The molecule has 0 N–H and O–H groups in total. The molecule has 0 heterocycles. The molecule has 0 aliphatic heterocycles. The van der Waals surface area contributed by atoms with Crippen molar-refractivity contribution in [3.63, 3.8) is 0 Å². The Hall–Kier alpha value is 0.0600. The van der Waals surface area contributed by atoms with Gasteiger partial charge in [-0.2, -0.15) is 0 Å². The molecular weight excluding hydrogens is 275 g/mol. The van der Waals surface area contributed by atoms with Crippen LogP contribution in [0.2, 0.25) is 0 Å². The molecule has 0 nitrogen and oxygen atoms in total. The zero-order valence-electron chi connectivity index (χ0n) is 13.0. The van der Waals surface area contributed by atoms with Gasteiger partial charge in [0.2, 0.25) is 0 Å². The first-order chi connectivity index (χ1) is 8.99. The van der Waals surface area contributed by atoms with Gasteiger partial charge in [0.15, 0.2) is 0 Å². The smallest absolute Gasteiger partial charge is 0.0147 e. The first-order valence-corrected chi connectivity index (χ1v) is 8.47. The number of unbranched alkanes of at least 4 members (excludes halogenated alkanes) is 2. The summed E-state index contributed by atoms with van der Waals surface area (Å²) in [5.41, 5.74) is 0. The van der Waals surface area contributed by atoms with Crippen LogP contribution in [0.5, 0.6) is 0 Å². The maximum atomic E-state index is 6.31. The third-order valence-electron chi connectivity index (χ3n) is 3.07. The monoisotopic (exact) mass is 304 g/mol. The first kappa shape index (κ1) is 19.1. The van der Waals surface area contributed by atoms with Gasteiger partial charge >= 0.3 is 0 Å². The van der Waals surface area contributed by atoms with E-state index in [1.54, 1.807) is 0 Å². The second-order valence-electron chi connectivity index (χ2n) is 5.73. The summed E-state index contributed by atoms with van der Waals surface area (Å²) >= 11 is 12.6. The van der Waals surface area contributed by atoms with Gasteiger partial charge in [0.05, 0.1) is 0 Å². The molecule has 0 aliphatic rings. The van der Waals surface area contributed by atoms with Gasteiger partial charge < -0.3 is 0 Å². The molecular formula is C17H30Cl2. The number of halogens is 2. The highest BCUT2D eigenvalue weighted by molar-refractivity contribution is 6.30. The highest BCUT2D eigenvalue weighted by Gasteiger charge is 2.08. The summed E-state index contributed by atoms with van der Waals surface area (Å²) < 4.78 is 0. The number of hydrogen-bond acceptors (Lipinski definition) is 0. The topological polar surface area (TPSA) is 0 Å². The molecule has 0 aliphatic carbocycles. The van der Waals surface area contributed by atoms with Crippen molar-refractivity contribution in [1.82, 2.24) is 0 Å². The first-order valence-electron chi connectivity index (χ1n) is 7.71. The summed E-state index contributed by atoms with van der Waals surface area (Å²) in [5.74, 6) is 1.04. The Bertz CT molecular complexity index is 253. The quantitative estimate of drug-likeness (QED) is 0.398. The second-order valence-corrected chi connectivity index (χ2v) is 6.70. The Labute approximate surface area is 130 Å². The van der Waals surface area contributed by atoms with E-state index in [1.807, 2.05) is 0 Å². The Balaban J connectivity index is 4.61. The van der Waals surface area contributed by atoms with Crippen molar-refractivity contribution in [3.8, 4) is 0 Å². The minimum absolute atomic E-state index is 0.383. The van der Waals surface area contributed by atoms with E-state index >= 15 is 0 Å². The second kappa shape index (κ2) is 11.9. The molecule has 0 fully saturated rings. The predicted octanol–water partition coefficient (Wildman–Crippen LogP) is 7.27. The number of allylic oxidation sites excluding steroid dienone is 4. The van der Waals surface area contributed by atoms with E-state index in [0.717, 1.165) is 42.2 Å². The van der Waals surface area contributed by atoms with Gasteiger partial charge in [-0.25, -0.2) is 0 Å². The molecule has 19 heavy (non-hydrogen) atoms. The molecule has 0 spiro atoms. The Morgan fingerprint density at radius 1 is 0.895 bits per heavy atom. The van der Waals surface area contributed by atoms with Crippen molar-refractivity contribution in [2.24, 2.45) is 11.8 Å². The van der Waals surface area contributed by atoms with Crippen molar-refractivity contribution < 1.29 is 0 Å². The molecule has 0 bridgehead atoms. The minimum Gasteiger partial charge on any atom is -0.0895 e. The van der Waals surface area contributed by atoms with Crippen LogP contribution in [0.3, 0.4) is 0 Å². The van der Waals surface area contributed by atoms with Crippen molar-refractivity contribution in [3.05, 3.63) is 22.2 Å². The maximum Gasteiger partial charge on any atom is 0.0147 e. The van der Waals surface area contributed by atoms with Crippen LogP contribution in [-0.2, 0) is 0 Å². The summed E-state index contributed by atoms with van der Waals surface area (Å²) in [5, 5.41) is 1.98. The van der Waals surface area contributed by atoms with Crippen LogP contribution in [-0.4, -0.2) is 0 Å². The maximum absolute atomic E-state index is 6.31. The van der Waals surface area contributed by atoms with E-state index in [9.17, 15) is 0 Å². The van der Waals surface area contributed by atoms with Crippen molar-refractivity contribution in [2.45, 2.75) is 72.6 Å². The van der Waals surface area contributed by atoms with Gasteiger partial charge in [-0.05, 0) is 43.9 Å². The number of hydrogen-bond donors (Lipinski definition) is 0. The molecule has 0 rings (SSSR count). The standard InChI is InChI=1S/C17H30Cl2/c1-5-7-9-16(18)12-15(11-14(3)4)13-17(19)10-8-6-2/h12-15H,5-11H2,1-4H3/b16-12-,17-13+. The molecule has 2 heteroatoms. The summed E-state index contributed by atoms with van der Waals surface area (Å²) in [6.07, 6.45) is 12.2. The Morgan fingerprint density at radius 2 is 1.32 bits per heavy atom. The van der Waals surface area contributed by atoms with Crippen LogP contribution in [0.25, 0.3) is 0 Å². The molecule has 0 aromatic heterocycles. The average Bonchev–Trinajstić information content (AvgIpc) is 2.32. The van der Waals surface area contributed by atoms with Gasteiger partial charge in [-0.15, -0.1) is 0 Å². The van der Waals surface area contributed by atoms with E-state index in [1.165, 1.54) is 12.8 Å². The molecule has 0 amide bonds. The summed E-state index contributed by atoms with van der Waals surface area (Å²) in [6.45, 7) is 8.87. The van der Waals surface area contributed by atoms with Crippen molar-refractivity contribution >= 4 is 23.2 Å². The lowest BCUT2D eigenvalue weighted by molar-refractivity contribution is 0.530. The van der Waals surface area contributed by atoms with Crippen LogP contribution in [0.4, 0.5) is 0 Å². The van der Waals surface area contributed by atoms with Crippen LogP contribution >= 0.6 is 23.2 Å². The zero-order valence-corrected chi connectivity index (χ0v) is 14.5. The summed E-state index contributed by atoms with van der Waals surface area (Å²) in [4.78, 5) is 0. The highest BCUT2D eigenvalue weighted by Crippen LogP contribution is 2.24. The van der Waals surface area contributed by atoms with Crippen molar-refractivity contribution in [1.29, 1.82) is 0 Å². The van der Waals surface area contributed by atoms with Crippen molar-refractivity contribution in [2.75, 3.05) is 0 Å². The lowest BCUT2D eigenvalue weighted by Crippen LogP contribution is -2.00. The Morgan fingerprint density at radius 3 is 1.63 bits per heavy atom. The van der Waals surface area contributed by atoms with E-state index in [0.29, 0.717) is 11.8 Å². The van der Waals surface area contributed by atoms with Crippen LogP contribution < -0.4 is 0 Å². The zero-order chi connectivity index (χ0) is 14.7. The fourth-order valence-electron chi connectivity index (χ4n) is 2.05. The lowest BCUT2D eigenvalue weighted by Gasteiger charge is -2.13. The summed E-state index contributed by atoms with van der Waals surface area (Å²) in [7, 11) is 0. The van der Waals surface area contributed by atoms with Crippen LogP contribution in [0.1, 0.15) is 72.6 Å². The largest absolute Gasteiger partial charge is 0.0895 e. The Kier molecular flexibility index (Phi) is 11.9. The third kappa shape index (κ3) is 11.6. The van der Waals surface area contributed by atoms with Gasteiger partial charge in [0.25, 0.3) is 0 Å². The van der Waals surface area contributed by atoms with E-state index in [-0.39, 0.29) is 0 Å². The molecule has 0 saturated heterocycles. The highest BCUT2D eigenvalue weighted by atomic mass is 35.5. The van der Waals surface area contributed by atoms with Crippen LogP contribution in [0.15, 0.2) is 22.2 Å².